The van der Waals surface area contributed by atoms with Gasteiger partial charge >= 0.3 is 0 Å². The molecule has 8 nitrogen and oxygen atoms in total. The van der Waals surface area contributed by atoms with E-state index in [1.807, 2.05) is 17.0 Å². The number of pyridine rings is 1. The second-order valence-electron chi connectivity index (χ2n) is 6.73. The minimum atomic E-state index is -0.196. The normalized spacial score (nSPS) is 17.2. The minimum Gasteiger partial charge on any atom is -0.467 e. The second-order valence-corrected chi connectivity index (χ2v) is 6.73. The van der Waals surface area contributed by atoms with Gasteiger partial charge in [-0.05, 0) is 37.1 Å². The van der Waals surface area contributed by atoms with Crippen LogP contribution in [0.4, 0.5) is 5.82 Å². The number of fused-ring (bicyclic) bond motifs is 1. The predicted octanol–water partition coefficient (Wildman–Crippen LogP) is 1.45. The Kier molecular flexibility index (Phi) is 4.62. The van der Waals surface area contributed by atoms with Crippen molar-refractivity contribution in [2.45, 2.75) is 19.4 Å². The number of anilines is 1. The zero-order valence-electron chi connectivity index (χ0n) is 15.1. The molecule has 0 aromatic carbocycles. The average Bonchev–Trinajstić information content (AvgIpc) is 3.22. The van der Waals surface area contributed by atoms with Crippen LogP contribution in [0.5, 0.6) is 0 Å². The molecule has 140 valence electrons. The maximum atomic E-state index is 12.7. The third kappa shape index (κ3) is 3.42. The Bertz CT molecular complexity index is 1010. The van der Waals surface area contributed by atoms with Gasteiger partial charge in [0.05, 0.1) is 18.7 Å². The summed E-state index contributed by atoms with van der Waals surface area (Å²) in [4.78, 5) is 36.0. The first-order valence-electron chi connectivity index (χ1n) is 9.00. The quantitative estimate of drug-likeness (QED) is 0.750. The van der Waals surface area contributed by atoms with Gasteiger partial charge in [-0.25, -0.2) is 9.97 Å². The molecule has 4 rings (SSSR count). The lowest BCUT2D eigenvalue weighted by Gasteiger charge is -2.32. The van der Waals surface area contributed by atoms with Crippen molar-refractivity contribution in [2.24, 2.45) is 13.0 Å². The molecule has 0 saturated carbocycles. The molecule has 1 saturated heterocycles. The Labute approximate surface area is 155 Å². The average molecular weight is 367 g/mol. The zero-order valence-corrected chi connectivity index (χ0v) is 15.1. The first-order valence-corrected chi connectivity index (χ1v) is 9.00. The Morgan fingerprint density at radius 3 is 3.07 bits per heavy atom. The summed E-state index contributed by atoms with van der Waals surface area (Å²) in [6, 6.07) is 7.25. The largest absolute Gasteiger partial charge is 0.467 e. The maximum Gasteiger partial charge on any atom is 0.294 e. The van der Waals surface area contributed by atoms with Crippen LogP contribution in [0.1, 0.15) is 18.6 Å². The third-order valence-electron chi connectivity index (χ3n) is 4.91. The highest BCUT2D eigenvalue weighted by atomic mass is 16.3. The van der Waals surface area contributed by atoms with Crippen molar-refractivity contribution >= 4 is 22.9 Å². The molecule has 27 heavy (non-hydrogen) atoms. The SMILES string of the molecule is Cn1c(=O)c(N2CCC[C@H](C(=O)NCc3ccco3)C2)nc2cccnc21. The standard InChI is InChI=1S/C19H21N5O3/c1-23-16-15(7-2-8-20-16)22-17(19(23)26)24-9-3-5-13(12-24)18(25)21-11-14-6-4-10-27-14/h2,4,6-8,10,13H,3,5,9,11-12H2,1H3,(H,21,25)/t13-/m0/s1. The molecule has 4 heterocycles. The predicted molar refractivity (Wildman–Crippen MR) is 100 cm³/mol. The fraction of sp³-hybridized carbons (Fsp3) is 0.368. The van der Waals surface area contributed by atoms with Gasteiger partial charge in [-0.1, -0.05) is 0 Å². The van der Waals surface area contributed by atoms with Crippen LogP contribution in [0.2, 0.25) is 0 Å². The highest BCUT2D eigenvalue weighted by molar-refractivity contribution is 5.79. The van der Waals surface area contributed by atoms with Crippen LogP contribution in [0.3, 0.4) is 0 Å². The summed E-state index contributed by atoms with van der Waals surface area (Å²) < 4.78 is 6.76. The fourth-order valence-electron chi connectivity index (χ4n) is 3.46. The molecule has 8 heteroatoms. The number of aromatic nitrogens is 3. The van der Waals surface area contributed by atoms with Gasteiger partial charge in [0.2, 0.25) is 5.91 Å². The maximum absolute atomic E-state index is 12.7. The number of rotatable bonds is 4. The molecule has 1 atom stereocenters. The van der Waals surface area contributed by atoms with Crippen molar-refractivity contribution in [1.82, 2.24) is 19.9 Å². The van der Waals surface area contributed by atoms with Crippen LogP contribution in [0.15, 0.2) is 45.9 Å². The van der Waals surface area contributed by atoms with E-state index in [1.54, 1.807) is 31.6 Å². The minimum absolute atomic E-state index is 0.0321. The highest BCUT2D eigenvalue weighted by Gasteiger charge is 2.28. The van der Waals surface area contributed by atoms with Crippen LogP contribution in [-0.4, -0.2) is 33.5 Å². The van der Waals surface area contributed by atoms with Gasteiger partial charge < -0.3 is 14.6 Å². The number of aryl methyl sites for hydroxylation is 1. The summed E-state index contributed by atoms with van der Waals surface area (Å²) >= 11 is 0. The van der Waals surface area contributed by atoms with Crippen molar-refractivity contribution in [1.29, 1.82) is 0 Å². The lowest BCUT2D eigenvalue weighted by atomic mass is 9.97. The fourth-order valence-corrected chi connectivity index (χ4v) is 3.46. The number of amides is 1. The smallest absolute Gasteiger partial charge is 0.294 e. The van der Waals surface area contributed by atoms with Gasteiger partial charge in [0.25, 0.3) is 5.56 Å². The molecule has 1 amide bonds. The van der Waals surface area contributed by atoms with Crippen molar-refractivity contribution in [3.63, 3.8) is 0 Å². The number of hydrogen-bond acceptors (Lipinski definition) is 6. The molecule has 0 spiro atoms. The Hall–Kier alpha value is -3.16. The Balaban J connectivity index is 1.53. The monoisotopic (exact) mass is 367 g/mol. The van der Waals surface area contributed by atoms with Gasteiger partial charge in [0, 0.05) is 26.3 Å². The van der Waals surface area contributed by atoms with E-state index >= 15 is 0 Å². The zero-order chi connectivity index (χ0) is 18.8. The number of carbonyl (C=O) groups excluding carboxylic acids is 1. The van der Waals surface area contributed by atoms with Gasteiger partial charge in [-0.2, -0.15) is 0 Å². The molecule has 0 aliphatic carbocycles. The van der Waals surface area contributed by atoms with E-state index in [1.165, 1.54) is 4.57 Å². The van der Waals surface area contributed by atoms with Crippen LogP contribution in [0, 0.1) is 5.92 Å². The van der Waals surface area contributed by atoms with E-state index in [2.05, 4.69) is 15.3 Å². The summed E-state index contributed by atoms with van der Waals surface area (Å²) in [5.41, 5.74) is 1.02. The Morgan fingerprint density at radius 1 is 1.37 bits per heavy atom. The Morgan fingerprint density at radius 2 is 2.26 bits per heavy atom. The van der Waals surface area contributed by atoms with Crippen molar-refractivity contribution in [3.8, 4) is 0 Å². The molecule has 0 radical (unpaired) electrons. The molecule has 1 aliphatic heterocycles. The van der Waals surface area contributed by atoms with E-state index in [0.717, 1.165) is 12.8 Å². The number of piperidine rings is 1. The van der Waals surface area contributed by atoms with Crippen molar-refractivity contribution in [2.75, 3.05) is 18.0 Å². The summed E-state index contributed by atoms with van der Waals surface area (Å²) in [7, 11) is 1.69. The van der Waals surface area contributed by atoms with Crippen LogP contribution in [-0.2, 0) is 18.4 Å². The van der Waals surface area contributed by atoms with E-state index < -0.39 is 0 Å². The number of carbonyl (C=O) groups is 1. The molecule has 3 aromatic heterocycles. The van der Waals surface area contributed by atoms with Crippen molar-refractivity contribution < 1.29 is 9.21 Å². The first kappa shape index (κ1) is 17.3. The van der Waals surface area contributed by atoms with Gasteiger partial charge in [0.1, 0.15) is 11.3 Å². The molecule has 0 bridgehead atoms. The van der Waals surface area contributed by atoms with Crippen LogP contribution < -0.4 is 15.8 Å². The molecule has 0 unspecified atom stereocenters. The number of nitrogens with zero attached hydrogens (tertiary/aromatic N) is 4. The van der Waals surface area contributed by atoms with Crippen LogP contribution >= 0.6 is 0 Å². The highest BCUT2D eigenvalue weighted by Crippen LogP contribution is 2.21. The van der Waals surface area contributed by atoms with Gasteiger partial charge in [-0.3, -0.25) is 14.2 Å². The summed E-state index contributed by atoms with van der Waals surface area (Å²) in [6.07, 6.45) is 4.84. The number of nitrogens with one attached hydrogen (secondary N) is 1. The molecular weight excluding hydrogens is 346 g/mol. The summed E-state index contributed by atoms with van der Waals surface area (Å²) in [5.74, 6) is 0.871. The lowest BCUT2D eigenvalue weighted by molar-refractivity contribution is -0.125. The molecule has 1 N–H and O–H groups in total. The van der Waals surface area contributed by atoms with E-state index in [0.29, 0.717) is 42.4 Å². The third-order valence-corrected chi connectivity index (χ3v) is 4.91. The number of furan rings is 1. The van der Waals surface area contributed by atoms with E-state index in [4.69, 9.17) is 4.42 Å². The topological polar surface area (TPSA) is 93.3 Å². The van der Waals surface area contributed by atoms with Crippen LogP contribution in [0.25, 0.3) is 11.2 Å². The van der Waals surface area contributed by atoms with Crippen molar-refractivity contribution in [3.05, 3.63) is 52.8 Å². The molecule has 3 aromatic rings. The number of hydrogen-bond donors (Lipinski definition) is 1. The van der Waals surface area contributed by atoms with Gasteiger partial charge in [-0.15, -0.1) is 0 Å². The molecule has 1 fully saturated rings. The molecule has 1 aliphatic rings. The van der Waals surface area contributed by atoms with E-state index in [9.17, 15) is 9.59 Å². The second kappa shape index (κ2) is 7.22. The molecular formula is C19H21N5O3. The summed E-state index contributed by atoms with van der Waals surface area (Å²) in [5, 5.41) is 2.91. The first-order chi connectivity index (χ1) is 13.1. The van der Waals surface area contributed by atoms with E-state index in [-0.39, 0.29) is 17.4 Å². The summed E-state index contributed by atoms with van der Waals surface area (Å²) in [6.45, 7) is 1.54. The van der Waals surface area contributed by atoms with Gasteiger partial charge in [0.15, 0.2) is 11.5 Å². The lowest BCUT2D eigenvalue weighted by Crippen LogP contribution is -2.45.